The van der Waals surface area contributed by atoms with Gasteiger partial charge in [-0.05, 0) is 48.5 Å². The summed E-state index contributed by atoms with van der Waals surface area (Å²) in [6.07, 6.45) is 1.47. The molecule has 4 aromatic rings. The zero-order chi connectivity index (χ0) is 24.8. The van der Waals surface area contributed by atoms with Gasteiger partial charge >= 0.3 is 0 Å². The van der Waals surface area contributed by atoms with Crippen molar-refractivity contribution in [1.82, 2.24) is 15.0 Å². The number of hydrazone groups is 1. The van der Waals surface area contributed by atoms with Gasteiger partial charge in [-0.2, -0.15) is 5.10 Å². The molecule has 1 amide bonds. The highest BCUT2D eigenvalue weighted by molar-refractivity contribution is 7.99. The molecule has 0 fully saturated rings. The number of rotatable bonds is 8. The van der Waals surface area contributed by atoms with Gasteiger partial charge < -0.3 is 9.47 Å². The molecule has 3 aromatic carbocycles. The van der Waals surface area contributed by atoms with Gasteiger partial charge in [-0.15, -0.1) is 0 Å². The molecule has 0 radical (unpaired) electrons. The molecule has 178 valence electrons. The average molecular weight is 509 g/mol. The van der Waals surface area contributed by atoms with Gasteiger partial charge in [0.1, 0.15) is 0 Å². The number of benzene rings is 3. The summed E-state index contributed by atoms with van der Waals surface area (Å²) < 4.78 is 12.1. The molecule has 1 heterocycles. The SMILES string of the molecule is COc1cccc(/C=N/NC(=O)CSc2nc3ccccc3c(=O)n2-c2ccc(Cl)cc2)c1OC. The molecule has 35 heavy (non-hydrogen) atoms. The number of hydrogen-bond donors (Lipinski definition) is 1. The average Bonchev–Trinajstić information content (AvgIpc) is 2.88. The standard InChI is InChI=1S/C25H21ClN4O4S/c1-33-21-9-5-6-16(23(21)34-2)14-27-29-22(31)15-35-25-28-20-8-4-3-7-19(20)24(32)30(25)18-12-10-17(26)11-13-18/h3-14H,15H2,1-2H3,(H,29,31)/b27-14+. The summed E-state index contributed by atoms with van der Waals surface area (Å²) in [5.41, 5.74) is 4.05. The molecule has 0 bridgehead atoms. The number of amides is 1. The van der Waals surface area contributed by atoms with Crippen molar-refractivity contribution in [1.29, 1.82) is 0 Å². The van der Waals surface area contributed by atoms with E-state index in [1.54, 1.807) is 67.8 Å². The van der Waals surface area contributed by atoms with Crippen LogP contribution in [0.4, 0.5) is 0 Å². The predicted octanol–water partition coefficient (Wildman–Crippen LogP) is 4.30. The monoisotopic (exact) mass is 508 g/mol. The van der Waals surface area contributed by atoms with Crippen LogP contribution in [0, 0.1) is 0 Å². The maximum Gasteiger partial charge on any atom is 0.266 e. The van der Waals surface area contributed by atoms with Crippen LogP contribution in [-0.2, 0) is 4.79 Å². The van der Waals surface area contributed by atoms with Crippen LogP contribution in [0.5, 0.6) is 11.5 Å². The Balaban J connectivity index is 1.55. The number of hydrogen-bond acceptors (Lipinski definition) is 7. The molecule has 0 saturated heterocycles. The van der Waals surface area contributed by atoms with Gasteiger partial charge in [0, 0.05) is 10.6 Å². The molecule has 0 aliphatic carbocycles. The smallest absolute Gasteiger partial charge is 0.266 e. The minimum atomic E-state index is -0.363. The minimum absolute atomic E-state index is 0.00897. The number of thioether (sulfide) groups is 1. The summed E-state index contributed by atoms with van der Waals surface area (Å²) >= 11 is 7.15. The van der Waals surface area contributed by atoms with E-state index >= 15 is 0 Å². The van der Waals surface area contributed by atoms with Crippen LogP contribution < -0.4 is 20.5 Å². The van der Waals surface area contributed by atoms with Gasteiger partial charge in [0.2, 0.25) is 0 Å². The fraction of sp³-hybridized carbons (Fsp3) is 0.120. The molecule has 10 heteroatoms. The third kappa shape index (κ3) is 5.47. The summed E-state index contributed by atoms with van der Waals surface area (Å²) in [6.45, 7) is 0. The van der Waals surface area contributed by atoms with Crippen LogP contribution in [0.1, 0.15) is 5.56 Å². The molecule has 4 rings (SSSR count). The molecule has 0 saturated carbocycles. The van der Waals surface area contributed by atoms with E-state index in [0.29, 0.717) is 43.8 Å². The van der Waals surface area contributed by atoms with Crippen LogP contribution >= 0.6 is 23.4 Å². The highest BCUT2D eigenvalue weighted by Gasteiger charge is 2.15. The minimum Gasteiger partial charge on any atom is -0.493 e. The number of ether oxygens (including phenoxy) is 2. The van der Waals surface area contributed by atoms with Gasteiger partial charge in [0.05, 0.1) is 42.8 Å². The molecule has 0 aliphatic rings. The van der Waals surface area contributed by atoms with Crippen molar-refractivity contribution in [3.8, 4) is 17.2 Å². The van der Waals surface area contributed by atoms with Gasteiger partial charge in [-0.1, -0.05) is 41.6 Å². The van der Waals surface area contributed by atoms with E-state index in [1.807, 2.05) is 6.07 Å². The summed E-state index contributed by atoms with van der Waals surface area (Å²) in [4.78, 5) is 30.4. The fourth-order valence-electron chi connectivity index (χ4n) is 3.38. The number of halogens is 1. The van der Waals surface area contributed by atoms with E-state index in [2.05, 4.69) is 15.5 Å². The third-order valence-electron chi connectivity index (χ3n) is 4.99. The van der Waals surface area contributed by atoms with Gasteiger partial charge in [-0.3, -0.25) is 14.2 Å². The number of nitrogens with zero attached hydrogens (tertiary/aromatic N) is 3. The number of para-hydroxylation sites is 2. The van der Waals surface area contributed by atoms with Crippen LogP contribution in [0.15, 0.2) is 81.8 Å². The first-order chi connectivity index (χ1) is 17.0. The lowest BCUT2D eigenvalue weighted by Gasteiger charge is -2.13. The second-order valence-corrected chi connectivity index (χ2v) is 8.57. The van der Waals surface area contributed by atoms with Crippen molar-refractivity contribution in [3.05, 3.63) is 87.7 Å². The molecule has 8 nitrogen and oxygen atoms in total. The van der Waals surface area contributed by atoms with Gasteiger partial charge in [0.25, 0.3) is 11.5 Å². The number of carbonyl (C=O) groups is 1. The fourth-order valence-corrected chi connectivity index (χ4v) is 4.31. The highest BCUT2D eigenvalue weighted by atomic mass is 35.5. The van der Waals surface area contributed by atoms with Crippen LogP contribution in [-0.4, -0.2) is 41.6 Å². The molecular weight excluding hydrogens is 488 g/mol. The zero-order valence-corrected chi connectivity index (χ0v) is 20.5. The predicted molar refractivity (Wildman–Crippen MR) is 138 cm³/mol. The quantitative estimate of drug-likeness (QED) is 0.165. The van der Waals surface area contributed by atoms with Crippen LogP contribution in [0.25, 0.3) is 16.6 Å². The van der Waals surface area contributed by atoms with Crippen LogP contribution in [0.2, 0.25) is 5.02 Å². The lowest BCUT2D eigenvalue weighted by atomic mass is 10.2. The lowest BCUT2D eigenvalue weighted by Crippen LogP contribution is -2.24. The zero-order valence-electron chi connectivity index (χ0n) is 18.9. The van der Waals surface area contributed by atoms with Gasteiger partial charge in [-0.25, -0.2) is 10.4 Å². The molecule has 0 atom stereocenters. The van der Waals surface area contributed by atoms with E-state index in [9.17, 15) is 9.59 Å². The van der Waals surface area contributed by atoms with Crippen molar-refractivity contribution in [3.63, 3.8) is 0 Å². The molecule has 0 unspecified atom stereocenters. The number of carbonyl (C=O) groups excluding carboxylic acids is 1. The summed E-state index contributed by atoms with van der Waals surface area (Å²) in [5, 5.41) is 5.43. The third-order valence-corrected chi connectivity index (χ3v) is 6.18. The van der Waals surface area contributed by atoms with Gasteiger partial charge in [0.15, 0.2) is 16.7 Å². The number of aromatic nitrogens is 2. The molecule has 0 aliphatic heterocycles. The van der Waals surface area contributed by atoms with Crippen LogP contribution in [0.3, 0.4) is 0 Å². The summed E-state index contributed by atoms with van der Waals surface area (Å²) in [5.74, 6) is 0.694. The normalized spacial score (nSPS) is 11.1. The van der Waals surface area contributed by atoms with Crippen molar-refractivity contribution in [2.75, 3.05) is 20.0 Å². The van der Waals surface area contributed by atoms with E-state index in [0.717, 1.165) is 11.8 Å². The first-order valence-electron chi connectivity index (χ1n) is 10.4. The number of nitrogens with one attached hydrogen (secondary N) is 1. The van der Waals surface area contributed by atoms with Crippen molar-refractivity contribution < 1.29 is 14.3 Å². The summed E-state index contributed by atoms with van der Waals surface area (Å²) in [6, 6.07) is 19.3. The lowest BCUT2D eigenvalue weighted by molar-refractivity contribution is -0.118. The first kappa shape index (κ1) is 24.3. The molecule has 1 aromatic heterocycles. The topological polar surface area (TPSA) is 94.8 Å². The second-order valence-electron chi connectivity index (χ2n) is 7.19. The van der Waals surface area contributed by atoms with Crippen molar-refractivity contribution >= 4 is 46.4 Å². The Morgan fingerprint density at radius 2 is 1.86 bits per heavy atom. The first-order valence-corrected chi connectivity index (χ1v) is 11.8. The Labute approximate surface area is 210 Å². The van der Waals surface area contributed by atoms with E-state index < -0.39 is 0 Å². The van der Waals surface area contributed by atoms with Crippen molar-refractivity contribution in [2.45, 2.75) is 5.16 Å². The molecule has 1 N–H and O–H groups in total. The summed E-state index contributed by atoms with van der Waals surface area (Å²) in [7, 11) is 3.07. The Kier molecular flexibility index (Phi) is 7.69. The van der Waals surface area contributed by atoms with Crippen molar-refractivity contribution in [2.24, 2.45) is 5.10 Å². The molecule has 0 spiro atoms. The Bertz CT molecular complexity index is 1450. The maximum absolute atomic E-state index is 13.3. The van der Waals surface area contributed by atoms with E-state index in [-0.39, 0.29) is 17.2 Å². The Hall–Kier alpha value is -3.82. The molecular formula is C25H21ClN4O4S. The Morgan fingerprint density at radius 1 is 1.09 bits per heavy atom. The number of methoxy groups -OCH3 is 2. The maximum atomic E-state index is 13.3. The highest BCUT2D eigenvalue weighted by Crippen LogP contribution is 2.29. The van der Waals surface area contributed by atoms with E-state index in [1.165, 1.54) is 17.9 Å². The Morgan fingerprint density at radius 3 is 2.60 bits per heavy atom. The number of fused-ring (bicyclic) bond motifs is 1. The van der Waals surface area contributed by atoms with E-state index in [4.69, 9.17) is 21.1 Å². The largest absolute Gasteiger partial charge is 0.493 e. The second kappa shape index (κ2) is 11.1.